The first-order chi connectivity index (χ1) is 14.8. The van der Waals surface area contributed by atoms with E-state index in [1.54, 1.807) is 6.33 Å². The zero-order chi connectivity index (χ0) is 20.3. The van der Waals surface area contributed by atoms with Gasteiger partial charge in [-0.3, -0.25) is 0 Å². The summed E-state index contributed by atoms with van der Waals surface area (Å²) < 4.78 is 5.49. The van der Waals surface area contributed by atoms with Crippen molar-refractivity contribution in [2.75, 3.05) is 49.2 Å². The molecule has 2 aromatic rings. The number of rotatable bonds is 3. The van der Waals surface area contributed by atoms with E-state index >= 15 is 0 Å². The molecule has 7 heteroatoms. The van der Waals surface area contributed by atoms with Crippen LogP contribution in [-0.2, 0) is 17.6 Å². The molecule has 0 saturated carbocycles. The lowest BCUT2D eigenvalue weighted by Crippen LogP contribution is -2.47. The molecule has 4 heterocycles. The first kappa shape index (κ1) is 19.3. The van der Waals surface area contributed by atoms with Crippen LogP contribution in [0.4, 0.5) is 11.6 Å². The van der Waals surface area contributed by atoms with Crippen LogP contribution < -0.4 is 9.80 Å². The average Bonchev–Trinajstić information content (AvgIpc) is 2.84. The van der Waals surface area contributed by atoms with Crippen molar-refractivity contribution in [2.24, 2.45) is 0 Å². The van der Waals surface area contributed by atoms with E-state index in [0.717, 1.165) is 82.4 Å². The number of piperazine rings is 1. The summed E-state index contributed by atoms with van der Waals surface area (Å²) in [5.41, 5.74) is 4.30. The van der Waals surface area contributed by atoms with Gasteiger partial charge < -0.3 is 14.5 Å². The third-order valence-corrected chi connectivity index (χ3v) is 6.62. The molecule has 0 amide bonds. The van der Waals surface area contributed by atoms with E-state index in [9.17, 15) is 5.26 Å². The molecule has 0 aromatic carbocycles. The highest BCUT2D eigenvalue weighted by molar-refractivity contribution is 5.57. The fraction of sp³-hybridized carbons (Fsp3) is 0.565. The Balaban J connectivity index is 1.30. The van der Waals surface area contributed by atoms with Crippen LogP contribution in [0.1, 0.15) is 54.1 Å². The Hall–Kier alpha value is -2.72. The molecule has 0 bridgehead atoms. The van der Waals surface area contributed by atoms with Crippen LogP contribution in [0.5, 0.6) is 0 Å². The summed E-state index contributed by atoms with van der Waals surface area (Å²) >= 11 is 0. The SMILES string of the molecule is N#Cc1cc2c(nc1N1CCN(c3cc(C4CCOCC4)ncn3)CC1)CCCC2. The Labute approximate surface area is 177 Å². The maximum atomic E-state index is 9.68. The van der Waals surface area contributed by atoms with Gasteiger partial charge in [-0.2, -0.15) is 5.26 Å². The van der Waals surface area contributed by atoms with E-state index in [-0.39, 0.29) is 0 Å². The van der Waals surface area contributed by atoms with E-state index in [1.807, 2.05) is 0 Å². The Kier molecular flexibility index (Phi) is 5.50. The van der Waals surface area contributed by atoms with Crippen molar-refractivity contribution in [3.05, 3.63) is 41.0 Å². The van der Waals surface area contributed by atoms with E-state index in [1.165, 1.54) is 24.1 Å². The summed E-state index contributed by atoms with van der Waals surface area (Å²) in [5.74, 6) is 2.34. The number of nitriles is 1. The molecule has 0 atom stereocenters. The molecule has 5 rings (SSSR count). The third kappa shape index (κ3) is 3.84. The monoisotopic (exact) mass is 404 g/mol. The van der Waals surface area contributed by atoms with Gasteiger partial charge in [0.25, 0.3) is 0 Å². The van der Waals surface area contributed by atoms with Gasteiger partial charge in [-0.15, -0.1) is 0 Å². The highest BCUT2D eigenvalue weighted by atomic mass is 16.5. The zero-order valence-corrected chi connectivity index (χ0v) is 17.4. The van der Waals surface area contributed by atoms with Crippen molar-refractivity contribution >= 4 is 11.6 Å². The molecule has 30 heavy (non-hydrogen) atoms. The third-order valence-electron chi connectivity index (χ3n) is 6.62. The van der Waals surface area contributed by atoms with Crippen molar-refractivity contribution < 1.29 is 4.74 Å². The van der Waals surface area contributed by atoms with Gasteiger partial charge >= 0.3 is 0 Å². The average molecular weight is 405 g/mol. The van der Waals surface area contributed by atoms with E-state index in [0.29, 0.717) is 11.5 Å². The summed E-state index contributed by atoms with van der Waals surface area (Å²) in [6.07, 6.45) is 8.24. The molecule has 2 aliphatic heterocycles. The van der Waals surface area contributed by atoms with Gasteiger partial charge in [-0.1, -0.05) is 0 Å². The van der Waals surface area contributed by atoms with Crippen LogP contribution in [0.2, 0.25) is 0 Å². The Morgan fingerprint density at radius 3 is 2.53 bits per heavy atom. The minimum absolute atomic E-state index is 0.472. The van der Waals surface area contributed by atoms with Crippen LogP contribution in [0, 0.1) is 11.3 Å². The standard InChI is InChI=1S/C23H28N6O/c24-15-19-13-18-3-1-2-4-20(18)27-23(19)29-9-7-28(8-10-29)22-14-21(25-16-26-22)17-5-11-30-12-6-17/h13-14,16-17H,1-12H2. The largest absolute Gasteiger partial charge is 0.381 e. The van der Waals surface area contributed by atoms with Gasteiger partial charge in [-0.05, 0) is 50.2 Å². The van der Waals surface area contributed by atoms with Crippen molar-refractivity contribution in [2.45, 2.75) is 44.4 Å². The summed E-state index contributed by atoms with van der Waals surface area (Å²) in [6.45, 7) is 5.06. The quantitative estimate of drug-likeness (QED) is 0.778. The lowest BCUT2D eigenvalue weighted by molar-refractivity contribution is 0.0845. The summed E-state index contributed by atoms with van der Waals surface area (Å²) in [4.78, 5) is 18.6. The highest BCUT2D eigenvalue weighted by Gasteiger charge is 2.25. The number of ether oxygens (including phenoxy) is 1. The lowest BCUT2D eigenvalue weighted by Gasteiger charge is -2.37. The van der Waals surface area contributed by atoms with Crippen LogP contribution in [-0.4, -0.2) is 54.3 Å². The molecule has 2 aromatic heterocycles. The molecule has 2 saturated heterocycles. The van der Waals surface area contributed by atoms with Gasteiger partial charge in [0.2, 0.25) is 0 Å². The zero-order valence-electron chi connectivity index (χ0n) is 17.4. The van der Waals surface area contributed by atoms with E-state index in [2.05, 4.69) is 38.0 Å². The van der Waals surface area contributed by atoms with Crippen LogP contribution in [0.15, 0.2) is 18.5 Å². The number of hydrogen-bond donors (Lipinski definition) is 0. The predicted molar refractivity (Wildman–Crippen MR) is 115 cm³/mol. The number of pyridine rings is 1. The Morgan fingerprint density at radius 1 is 0.967 bits per heavy atom. The molecule has 0 N–H and O–H groups in total. The molecule has 7 nitrogen and oxygen atoms in total. The van der Waals surface area contributed by atoms with Gasteiger partial charge in [0.15, 0.2) is 0 Å². The van der Waals surface area contributed by atoms with Crippen LogP contribution in [0.3, 0.4) is 0 Å². The number of nitrogens with zero attached hydrogens (tertiary/aromatic N) is 6. The normalized spacial score (nSPS) is 20.0. The second-order valence-electron chi connectivity index (χ2n) is 8.45. The van der Waals surface area contributed by atoms with Gasteiger partial charge in [0, 0.05) is 62.8 Å². The molecule has 0 radical (unpaired) electrons. The second kappa shape index (κ2) is 8.57. The summed E-state index contributed by atoms with van der Waals surface area (Å²) in [6, 6.07) is 6.61. The molecule has 0 unspecified atom stereocenters. The molecule has 0 spiro atoms. The molecule has 156 valence electrons. The van der Waals surface area contributed by atoms with Crippen LogP contribution >= 0.6 is 0 Å². The number of fused-ring (bicyclic) bond motifs is 1. The second-order valence-corrected chi connectivity index (χ2v) is 8.45. The van der Waals surface area contributed by atoms with Crippen molar-refractivity contribution in [3.63, 3.8) is 0 Å². The highest BCUT2D eigenvalue weighted by Crippen LogP contribution is 2.29. The summed E-state index contributed by atoms with van der Waals surface area (Å²) in [5, 5.41) is 9.68. The Bertz CT molecular complexity index is 941. The predicted octanol–water partition coefficient (Wildman–Crippen LogP) is 2.84. The first-order valence-electron chi connectivity index (χ1n) is 11.1. The van der Waals surface area contributed by atoms with E-state index in [4.69, 9.17) is 9.72 Å². The van der Waals surface area contributed by atoms with Gasteiger partial charge in [-0.25, -0.2) is 15.0 Å². The fourth-order valence-corrected chi connectivity index (χ4v) is 4.84. The smallest absolute Gasteiger partial charge is 0.146 e. The minimum Gasteiger partial charge on any atom is -0.381 e. The minimum atomic E-state index is 0.472. The first-order valence-corrected chi connectivity index (χ1v) is 11.1. The molecule has 2 fully saturated rings. The van der Waals surface area contributed by atoms with Crippen LogP contribution in [0.25, 0.3) is 0 Å². The number of anilines is 2. The summed E-state index contributed by atoms with van der Waals surface area (Å²) in [7, 11) is 0. The molecule has 1 aliphatic carbocycles. The lowest BCUT2D eigenvalue weighted by atomic mass is 9.95. The van der Waals surface area contributed by atoms with E-state index < -0.39 is 0 Å². The van der Waals surface area contributed by atoms with Crippen molar-refractivity contribution in [1.82, 2.24) is 15.0 Å². The maximum absolute atomic E-state index is 9.68. The van der Waals surface area contributed by atoms with Gasteiger partial charge in [0.05, 0.1) is 5.56 Å². The van der Waals surface area contributed by atoms with Gasteiger partial charge in [0.1, 0.15) is 24.0 Å². The molecular weight excluding hydrogens is 376 g/mol. The Morgan fingerprint density at radius 2 is 1.73 bits per heavy atom. The van der Waals surface area contributed by atoms with Crippen molar-refractivity contribution in [3.8, 4) is 6.07 Å². The van der Waals surface area contributed by atoms with Crippen molar-refractivity contribution in [1.29, 1.82) is 5.26 Å². The fourth-order valence-electron chi connectivity index (χ4n) is 4.84. The maximum Gasteiger partial charge on any atom is 0.146 e. The topological polar surface area (TPSA) is 78.2 Å². The number of aryl methyl sites for hydroxylation is 2. The number of hydrogen-bond acceptors (Lipinski definition) is 7. The molecule has 3 aliphatic rings. The molecular formula is C23H28N6O. The number of aromatic nitrogens is 3.